The first-order valence-corrected chi connectivity index (χ1v) is 8.55. The van der Waals surface area contributed by atoms with E-state index in [1.54, 1.807) is 7.05 Å². The van der Waals surface area contributed by atoms with Crippen LogP contribution in [-0.2, 0) is 22.7 Å². The van der Waals surface area contributed by atoms with Gasteiger partial charge in [0, 0.05) is 15.2 Å². The Hall–Kier alpha value is -0.900. The maximum atomic E-state index is 11.5. The predicted octanol–water partition coefficient (Wildman–Crippen LogP) is 2.13. The molecule has 0 unspecified atom stereocenters. The molecule has 0 amide bonds. The minimum absolute atomic E-state index is 0.0580. The molecule has 0 spiro atoms. The molecule has 1 heterocycles. The minimum atomic E-state index is -4.01. The van der Waals surface area contributed by atoms with Crippen LogP contribution in [0.4, 0.5) is 0 Å². The van der Waals surface area contributed by atoms with E-state index in [0.717, 1.165) is 0 Å². The Bertz CT molecular complexity index is 750. The molecule has 2 aromatic rings. The fraction of sp³-hybridized carbons (Fsp3) is 0.222. The van der Waals surface area contributed by atoms with E-state index in [2.05, 4.69) is 31.3 Å². The van der Waals surface area contributed by atoms with Gasteiger partial charge in [-0.15, -0.1) is 10.2 Å². The Balaban J connectivity index is 2.35. The highest BCUT2D eigenvalue weighted by molar-refractivity contribution is 9.10. The number of aryl methyl sites for hydroxylation is 1. The average Bonchev–Trinajstić information content (AvgIpc) is 2.72. The second-order valence-electron chi connectivity index (χ2n) is 3.64. The van der Waals surface area contributed by atoms with Crippen LogP contribution >= 0.6 is 38.2 Å². The van der Waals surface area contributed by atoms with Crippen LogP contribution in [0.15, 0.2) is 21.5 Å². The molecule has 1 aromatic carbocycles. The highest BCUT2D eigenvalue weighted by atomic mass is 79.9. The first kappa shape index (κ1) is 15.5. The van der Waals surface area contributed by atoms with Crippen molar-refractivity contribution in [3.8, 4) is 5.75 Å². The van der Waals surface area contributed by atoms with E-state index >= 15 is 0 Å². The highest BCUT2D eigenvalue weighted by Gasteiger charge is 2.21. The highest BCUT2D eigenvalue weighted by Crippen LogP contribution is 2.37. The first-order valence-electron chi connectivity index (χ1n) is 5.07. The molecule has 7 nitrogen and oxygen atoms in total. The molecule has 0 aliphatic carbocycles. The van der Waals surface area contributed by atoms with Crippen molar-refractivity contribution in [2.24, 2.45) is 7.05 Å². The fourth-order valence-corrected chi connectivity index (χ4v) is 3.45. The lowest BCUT2D eigenvalue weighted by Gasteiger charge is -2.10. The van der Waals surface area contributed by atoms with Gasteiger partial charge in [0.1, 0.15) is 4.90 Å². The molecule has 11 heteroatoms. The smallest absolute Gasteiger partial charge is 0.265 e. The van der Waals surface area contributed by atoms with Crippen molar-refractivity contribution in [1.29, 1.82) is 0 Å². The van der Waals surface area contributed by atoms with Crippen LogP contribution in [0.3, 0.4) is 0 Å². The molecular weight excluding hydrogens is 395 g/mol. The summed E-state index contributed by atoms with van der Waals surface area (Å²) in [4.78, 5) is 1.02. The molecule has 0 saturated carbocycles. The summed E-state index contributed by atoms with van der Waals surface area (Å²) in [7, 11) is 2.95. The lowest BCUT2D eigenvalue weighted by molar-refractivity contribution is 0.288. The standard InChI is InChI=1S/C9H7BrCl2N4O3S/c1-16-14-8(13-15-16)4-19-9-6(11)2-5(10)3-7(9)20(12,17)18/h2-3H,4H2,1H3. The molecule has 0 aliphatic rings. The minimum Gasteiger partial charge on any atom is -0.482 e. The number of ether oxygens (including phenoxy) is 1. The molecular formula is C9H7BrCl2N4O3S. The molecule has 20 heavy (non-hydrogen) atoms. The van der Waals surface area contributed by atoms with Gasteiger partial charge in [0.05, 0.1) is 12.1 Å². The first-order chi connectivity index (χ1) is 9.27. The van der Waals surface area contributed by atoms with Gasteiger partial charge >= 0.3 is 0 Å². The molecule has 0 N–H and O–H groups in total. The van der Waals surface area contributed by atoms with Gasteiger partial charge < -0.3 is 4.74 Å². The zero-order valence-corrected chi connectivity index (χ0v) is 13.8. The van der Waals surface area contributed by atoms with Crippen LogP contribution in [0.25, 0.3) is 0 Å². The van der Waals surface area contributed by atoms with E-state index in [1.807, 2.05) is 0 Å². The number of halogens is 3. The third kappa shape index (κ3) is 3.60. The van der Waals surface area contributed by atoms with Gasteiger partial charge in [-0.3, -0.25) is 0 Å². The molecule has 0 fully saturated rings. The van der Waals surface area contributed by atoms with Crippen LogP contribution in [0, 0.1) is 0 Å². The van der Waals surface area contributed by atoms with E-state index in [0.29, 0.717) is 4.47 Å². The summed E-state index contributed by atoms with van der Waals surface area (Å²) in [5.74, 6) is 0.224. The molecule has 0 aliphatic heterocycles. The number of benzene rings is 1. The largest absolute Gasteiger partial charge is 0.482 e. The van der Waals surface area contributed by atoms with Gasteiger partial charge in [0.15, 0.2) is 12.4 Å². The molecule has 108 valence electrons. The Morgan fingerprint density at radius 3 is 2.70 bits per heavy atom. The Labute approximate surface area is 132 Å². The fourth-order valence-electron chi connectivity index (χ4n) is 1.38. The quantitative estimate of drug-likeness (QED) is 0.729. The van der Waals surface area contributed by atoms with Gasteiger partial charge in [-0.25, -0.2) is 8.42 Å². The molecule has 0 bridgehead atoms. The van der Waals surface area contributed by atoms with E-state index in [9.17, 15) is 8.42 Å². The maximum absolute atomic E-state index is 11.5. The zero-order chi connectivity index (χ0) is 14.9. The Morgan fingerprint density at radius 2 is 2.15 bits per heavy atom. The summed E-state index contributed by atoms with van der Waals surface area (Å²) in [5.41, 5.74) is 0. The second kappa shape index (κ2) is 5.84. The number of hydrogen-bond acceptors (Lipinski definition) is 6. The SMILES string of the molecule is Cn1nnc(COc2c(Cl)cc(Br)cc2S(=O)(=O)Cl)n1. The number of nitrogens with zero attached hydrogens (tertiary/aromatic N) is 4. The van der Waals surface area contributed by atoms with Crippen LogP contribution in [0.2, 0.25) is 5.02 Å². The molecule has 0 saturated heterocycles. The third-order valence-corrected chi connectivity index (χ3v) is 4.20. The Morgan fingerprint density at radius 1 is 1.45 bits per heavy atom. The summed E-state index contributed by atoms with van der Waals surface area (Å²) >= 11 is 9.11. The van der Waals surface area contributed by atoms with Gasteiger partial charge in [-0.05, 0) is 17.3 Å². The van der Waals surface area contributed by atoms with E-state index in [4.69, 9.17) is 27.0 Å². The van der Waals surface area contributed by atoms with Crippen molar-refractivity contribution in [2.45, 2.75) is 11.5 Å². The number of tetrazole rings is 1. The van der Waals surface area contributed by atoms with Gasteiger partial charge in [-0.2, -0.15) is 4.80 Å². The number of aromatic nitrogens is 4. The van der Waals surface area contributed by atoms with Crippen molar-refractivity contribution in [3.05, 3.63) is 27.5 Å². The van der Waals surface area contributed by atoms with E-state index < -0.39 is 9.05 Å². The van der Waals surface area contributed by atoms with Crippen LogP contribution in [-0.4, -0.2) is 28.6 Å². The summed E-state index contributed by atoms with van der Waals surface area (Å²) in [6.45, 7) is -0.0887. The zero-order valence-electron chi connectivity index (χ0n) is 9.92. The van der Waals surface area contributed by atoms with E-state index in [1.165, 1.54) is 16.9 Å². The topological polar surface area (TPSA) is 87.0 Å². The van der Waals surface area contributed by atoms with Crippen molar-refractivity contribution in [3.63, 3.8) is 0 Å². The molecule has 1 aromatic heterocycles. The summed E-state index contributed by atoms with van der Waals surface area (Å²) < 4.78 is 28.9. The molecule has 0 atom stereocenters. The summed E-state index contributed by atoms with van der Waals surface area (Å²) in [5, 5.41) is 11.3. The normalized spacial score (nSPS) is 11.6. The second-order valence-corrected chi connectivity index (χ2v) is 7.49. The van der Waals surface area contributed by atoms with Gasteiger partial charge in [-0.1, -0.05) is 27.5 Å². The summed E-state index contributed by atoms with van der Waals surface area (Å²) in [6.07, 6.45) is 0. The van der Waals surface area contributed by atoms with Crippen molar-refractivity contribution in [2.75, 3.05) is 0 Å². The molecule has 2 rings (SSSR count). The van der Waals surface area contributed by atoms with Crippen LogP contribution in [0.1, 0.15) is 5.82 Å². The third-order valence-electron chi connectivity index (χ3n) is 2.13. The van der Waals surface area contributed by atoms with Crippen LogP contribution < -0.4 is 4.74 Å². The lowest BCUT2D eigenvalue weighted by Crippen LogP contribution is -2.03. The monoisotopic (exact) mass is 400 g/mol. The predicted molar refractivity (Wildman–Crippen MR) is 75.3 cm³/mol. The lowest BCUT2D eigenvalue weighted by atomic mass is 10.3. The van der Waals surface area contributed by atoms with Crippen LogP contribution in [0.5, 0.6) is 5.75 Å². The van der Waals surface area contributed by atoms with E-state index in [-0.39, 0.29) is 28.1 Å². The van der Waals surface area contributed by atoms with Crippen molar-refractivity contribution < 1.29 is 13.2 Å². The van der Waals surface area contributed by atoms with Crippen molar-refractivity contribution >= 4 is 47.3 Å². The summed E-state index contributed by atoms with van der Waals surface area (Å²) in [6, 6.07) is 2.79. The van der Waals surface area contributed by atoms with Gasteiger partial charge in [0.25, 0.3) is 9.05 Å². The number of rotatable bonds is 4. The average molecular weight is 402 g/mol. The van der Waals surface area contributed by atoms with Crippen molar-refractivity contribution in [1.82, 2.24) is 20.2 Å². The van der Waals surface area contributed by atoms with Gasteiger partial charge in [0.2, 0.25) is 5.82 Å². The maximum Gasteiger partial charge on any atom is 0.265 e. The number of hydrogen-bond donors (Lipinski definition) is 0. The Kier molecular flexibility index (Phi) is 4.52. The molecule has 0 radical (unpaired) electrons.